The van der Waals surface area contributed by atoms with Crippen LogP contribution in [0.1, 0.15) is 33.3 Å². The Labute approximate surface area is 232 Å². The normalized spacial score (nSPS) is 23.7. The number of esters is 1. The standard InChI is InChI=1S/C16H23O8.C10H14NO2.Fe/c1-9(15(21)22-8-10-4-2-3-5-10)7-23-16-14(20)13(19)12(18)11(6-17)24-16;1-10(2,3)13-9(12)11-8-6-4-5-7-8;/h2-5,9,11-14,16-20H,6-8H2,1H3;4-7H,1-3H3,(H,11,12);/q2*-1;+2/t9-,11-,12-,13+,14+,16+;;/m1../s1. The Bertz CT molecular complexity index is 926. The van der Waals surface area contributed by atoms with Crippen LogP contribution in [0.15, 0.2) is 48.5 Å². The summed E-state index contributed by atoms with van der Waals surface area (Å²) in [5, 5.41) is 40.9. The fourth-order valence-electron chi connectivity index (χ4n) is 3.20. The average molecular weight is 579 g/mol. The number of hydrogen-bond acceptors (Lipinski definition) is 10. The molecule has 0 spiro atoms. The van der Waals surface area contributed by atoms with Gasteiger partial charge in [0.05, 0.1) is 25.7 Å². The Morgan fingerprint density at radius 2 is 1.74 bits per heavy atom. The molecule has 38 heavy (non-hydrogen) atoms. The predicted molar refractivity (Wildman–Crippen MR) is 133 cm³/mol. The molecule has 2 aromatic rings. The smallest absolute Gasteiger partial charge is 0.463 e. The van der Waals surface area contributed by atoms with Crippen LogP contribution >= 0.6 is 0 Å². The molecule has 12 heteroatoms. The minimum absolute atomic E-state index is 0. The van der Waals surface area contributed by atoms with Gasteiger partial charge in [0.15, 0.2) is 6.29 Å². The summed E-state index contributed by atoms with van der Waals surface area (Å²) in [5.41, 5.74) is 1.19. The third-order valence-electron chi connectivity index (χ3n) is 5.18. The molecule has 0 radical (unpaired) electrons. The number of carbonyl (C=O) groups excluding carboxylic acids is 2. The molecule has 6 atom stereocenters. The van der Waals surface area contributed by atoms with Gasteiger partial charge in [-0.25, -0.2) is 23.0 Å². The van der Waals surface area contributed by atoms with E-state index in [4.69, 9.17) is 24.1 Å². The van der Waals surface area contributed by atoms with Crippen molar-refractivity contribution in [3.05, 3.63) is 54.1 Å². The van der Waals surface area contributed by atoms with Crippen molar-refractivity contribution in [1.29, 1.82) is 0 Å². The van der Waals surface area contributed by atoms with Gasteiger partial charge in [0.1, 0.15) is 30.0 Å². The fourth-order valence-corrected chi connectivity index (χ4v) is 3.20. The van der Waals surface area contributed by atoms with Gasteiger partial charge in [-0.05, 0) is 27.7 Å². The van der Waals surface area contributed by atoms with Crippen molar-refractivity contribution in [2.24, 2.45) is 5.92 Å². The summed E-state index contributed by atoms with van der Waals surface area (Å²) in [6.45, 7) is 6.60. The maximum atomic E-state index is 11.9. The summed E-state index contributed by atoms with van der Waals surface area (Å²) < 4.78 is 20.7. The molecule has 0 saturated carbocycles. The van der Waals surface area contributed by atoms with E-state index in [0.717, 1.165) is 11.3 Å². The number of carbonyl (C=O) groups is 2. The average Bonchev–Trinajstić information content (AvgIpc) is 3.54. The van der Waals surface area contributed by atoms with Crippen molar-refractivity contribution in [2.45, 2.75) is 70.6 Å². The molecular formula is C26H37FeNO10. The van der Waals surface area contributed by atoms with Gasteiger partial charge in [-0.3, -0.25) is 4.79 Å². The third-order valence-corrected chi connectivity index (χ3v) is 5.18. The molecule has 0 aliphatic carbocycles. The minimum Gasteiger partial charge on any atom is -0.463 e. The molecule has 1 heterocycles. The first-order valence-electron chi connectivity index (χ1n) is 11.9. The molecule has 0 aromatic heterocycles. The molecule has 2 aromatic carbocycles. The van der Waals surface area contributed by atoms with E-state index in [1.807, 2.05) is 69.3 Å². The van der Waals surface area contributed by atoms with Crippen LogP contribution in [-0.2, 0) is 47.4 Å². The summed E-state index contributed by atoms with van der Waals surface area (Å²) in [4.78, 5) is 23.1. The number of anilines is 1. The van der Waals surface area contributed by atoms with Crippen molar-refractivity contribution in [2.75, 3.05) is 18.5 Å². The van der Waals surface area contributed by atoms with Crippen LogP contribution in [-0.4, -0.2) is 82.0 Å². The summed E-state index contributed by atoms with van der Waals surface area (Å²) >= 11 is 0. The molecular weight excluding hydrogens is 542 g/mol. The van der Waals surface area contributed by atoms with Gasteiger partial charge in [0.25, 0.3) is 0 Å². The molecule has 0 unspecified atom stereocenters. The second-order valence-electron chi connectivity index (χ2n) is 9.63. The maximum Gasteiger partial charge on any atom is 2.00 e. The van der Waals surface area contributed by atoms with Crippen LogP contribution in [0, 0.1) is 5.92 Å². The molecule has 5 N–H and O–H groups in total. The summed E-state index contributed by atoms with van der Waals surface area (Å²) in [6, 6.07) is 14.7. The largest absolute Gasteiger partial charge is 2.00 e. The van der Waals surface area contributed by atoms with Crippen molar-refractivity contribution < 1.29 is 66.0 Å². The van der Waals surface area contributed by atoms with Crippen molar-refractivity contribution in [3.63, 3.8) is 0 Å². The van der Waals surface area contributed by atoms with Gasteiger partial charge >= 0.3 is 29.1 Å². The van der Waals surface area contributed by atoms with E-state index in [-0.39, 0.29) is 30.3 Å². The molecule has 3 rings (SSSR count). The number of nitrogens with one attached hydrogen (secondary N) is 1. The number of aliphatic hydroxyl groups is 4. The molecule has 0 bridgehead atoms. The number of amides is 1. The topological polar surface area (TPSA) is 164 Å². The van der Waals surface area contributed by atoms with Crippen LogP contribution in [0.3, 0.4) is 0 Å². The molecule has 11 nitrogen and oxygen atoms in total. The SMILES string of the molecule is CC(C)(C)OC(=O)Nc1ccc[cH-]1.C[C@H](CO[C@H]1O[C@H](CO)[C@@H](O)[C@H](O)[C@@H]1O)C(=O)OCc1ccc[cH-]1.[Fe+2]. The zero-order valence-corrected chi connectivity index (χ0v) is 22.9. The van der Waals surface area contributed by atoms with E-state index in [9.17, 15) is 24.9 Å². The molecule has 1 aliphatic rings. The Morgan fingerprint density at radius 1 is 1.08 bits per heavy atom. The molecule has 1 fully saturated rings. The summed E-state index contributed by atoms with van der Waals surface area (Å²) in [6.07, 6.45) is -7.18. The van der Waals surface area contributed by atoms with Gasteiger partial charge < -0.3 is 44.7 Å². The van der Waals surface area contributed by atoms with E-state index < -0.39 is 60.9 Å². The molecule has 1 aliphatic heterocycles. The fraction of sp³-hybridized carbons (Fsp3) is 0.538. The van der Waals surface area contributed by atoms with Gasteiger partial charge in [-0.1, -0.05) is 5.69 Å². The Kier molecular flexibility index (Phi) is 14.2. The Hall–Kier alpha value is -2.28. The first kappa shape index (κ1) is 33.7. The van der Waals surface area contributed by atoms with Crippen LogP contribution < -0.4 is 5.32 Å². The quantitative estimate of drug-likeness (QED) is 0.177. The summed E-state index contributed by atoms with van der Waals surface area (Å²) in [5.74, 6) is -1.09. The molecule has 1 saturated heterocycles. The van der Waals surface area contributed by atoms with E-state index in [2.05, 4.69) is 5.32 Å². The van der Waals surface area contributed by atoms with E-state index >= 15 is 0 Å². The van der Waals surface area contributed by atoms with Crippen molar-refractivity contribution in [1.82, 2.24) is 0 Å². The van der Waals surface area contributed by atoms with Crippen LogP contribution in [0.25, 0.3) is 0 Å². The number of hydrogen-bond donors (Lipinski definition) is 5. The van der Waals surface area contributed by atoms with Gasteiger partial charge in [0, 0.05) is 0 Å². The van der Waals surface area contributed by atoms with Gasteiger partial charge in [0.2, 0.25) is 0 Å². The second kappa shape index (κ2) is 16.0. The first-order valence-corrected chi connectivity index (χ1v) is 11.9. The van der Waals surface area contributed by atoms with Gasteiger partial charge in [-0.15, -0.1) is 11.6 Å². The van der Waals surface area contributed by atoms with Crippen molar-refractivity contribution in [3.8, 4) is 0 Å². The predicted octanol–water partition coefficient (Wildman–Crippen LogP) is 1.65. The molecule has 1 amide bonds. The molecule has 214 valence electrons. The Morgan fingerprint density at radius 3 is 2.29 bits per heavy atom. The number of rotatable bonds is 8. The maximum absolute atomic E-state index is 11.9. The van der Waals surface area contributed by atoms with E-state index in [1.54, 1.807) is 6.92 Å². The minimum atomic E-state index is -1.51. The van der Waals surface area contributed by atoms with Crippen LogP contribution in [0.4, 0.5) is 10.5 Å². The van der Waals surface area contributed by atoms with Crippen molar-refractivity contribution >= 4 is 17.7 Å². The zero-order chi connectivity index (χ0) is 27.6. The monoisotopic (exact) mass is 579 g/mol. The summed E-state index contributed by atoms with van der Waals surface area (Å²) in [7, 11) is 0. The first-order chi connectivity index (χ1) is 17.4. The number of aliphatic hydroxyl groups excluding tert-OH is 4. The third kappa shape index (κ3) is 11.2. The van der Waals surface area contributed by atoms with E-state index in [0.29, 0.717) is 0 Å². The second-order valence-corrected chi connectivity index (χ2v) is 9.63. The zero-order valence-electron chi connectivity index (χ0n) is 21.8. The van der Waals surface area contributed by atoms with E-state index in [1.165, 1.54) is 0 Å². The van der Waals surface area contributed by atoms with Gasteiger partial charge in [-0.2, -0.15) is 24.3 Å². The number of ether oxygens (including phenoxy) is 4. The Balaban J connectivity index is 0.000000438. The van der Waals surface area contributed by atoms with Crippen LogP contribution in [0.5, 0.6) is 0 Å². The van der Waals surface area contributed by atoms with Crippen LogP contribution in [0.2, 0.25) is 0 Å².